The lowest BCUT2D eigenvalue weighted by Gasteiger charge is -2.12. The van der Waals surface area contributed by atoms with Crippen molar-refractivity contribution in [3.63, 3.8) is 0 Å². The number of aromatic nitrogens is 1. The molecular formula is C15H19N3. The largest absolute Gasteiger partial charge is 0.370 e. The summed E-state index contributed by atoms with van der Waals surface area (Å²) in [7, 11) is 0. The maximum atomic E-state index is 6.12. The van der Waals surface area contributed by atoms with Crippen molar-refractivity contribution in [2.75, 3.05) is 11.9 Å². The second kappa shape index (κ2) is 6.17. The highest BCUT2D eigenvalue weighted by Crippen LogP contribution is 2.13. The van der Waals surface area contributed by atoms with Crippen molar-refractivity contribution in [2.45, 2.75) is 19.4 Å². The fourth-order valence-electron chi connectivity index (χ4n) is 1.80. The standard InChI is InChI=1S/C15H19N3/c1-12-7-8-15(18-11-12)17-10-9-14(16)13-5-3-2-4-6-13/h2-8,11,14H,9-10,16H2,1H3,(H,17,18). The number of nitrogens with zero attached hydrogens (tertiary/aromatic N) is 1. The third-order valence-electron chi connectivity index (χ3n) is 2.90. The number of benzene rings is 1. The normalized spacial score (nSPS) is 12.1. The minimum Gasteiger partial charge on any atom is -0.370 e. The zero-order chi connectivity index (χ0) is 12.8. The number of rotatable bonds is 5. The Hall–Kier alpha value is -1.87. The second-order valence-electron chi connectivity index (χ2n) is 4.45. The quantitative estimate of drug-likeness (QED) is 0.846. The van der Waals surface area contributed by atoms with Gasteiger partial charge in [0.25, 0.3) is 0 Å². The second-order valence-corrected chi connectivity index (χ2v) is 4.45. The molecule has 0 bridgehead atoms. The zero-order valence-electron chi connectivity index (χ0n) is 10.6. The topological polar surface area (TPSA) is 50.9 Å². The molecule has 0 aliphatic carbocycles. The molecule has 0 aliphatic heterocycles. The van der Waals surface area contributed by atoms with Gasteiger partial charge in [0, 0.05) is 18.8 Å². The molecule has 0 spiro atoms. The van der Waals surface area contributed by atoms with Gasteiger partial charge in [-0.1, -0.05) is 36.4 Å². The fraction of sp³-hybridized carbons (Fsp3) is 0.267. The Morgan fingerprint density at radius 2 is 1.94 bits per heavy atom. The minimum atomic E-state index is 0.0733. The SMILES string of the molecule is Cc1ccc(NCCC(N)c2ccccc2)nc1. The molecule has 1 aromatic heterocycles. The molecule has 2 aromatic rings. The first-order valence-electron chi connectivity index (χ1n) is 6.23. The number of hydrogen-bond acceptors (Lipinski definition) is 3. The van der Waals surface area contributed by atoms with Crippen molar-refractivity contribution in [1.82, 2.24) is 4.98 Å². The lowest BCUT2D eigenvalue weighted by Crippen LogP contribution is -2.15. The monoisotopic (exact) mass is 241 g/mol. The molecule has 1 heterocycles. The van der Waals surface area contributed by atoms with Crippen molar-refractivity contribution in [3.05, 3.63) is 59.8 Å². The predicted octanol–water partition coefficient (Wildman–Crippen LogP) is 2.89. The van der Waals surface area contributed by atoms with Crippen LogP contribution in [0.2, 0.25) is 0 Å². The summed E-state index contributed by atoms with van der Waals surface area (Å²) in [4.78, 5) is 4.30. The van der Waals surface area contributed by atoms with E-state index in [1.54, 1.807) is 0 Å². The Morgan fingerprint density at radius 3 is 2.61 bits per heavy atom. The molecule has 1 aromatic carbocycles. The van der Waals surface area contributed by atoms with Crippen LogP contribution in [0.4, 0.5) is 5.82 Å². The summed E-state index contributed by atoms with van der Waals surface area (Å²) in [6.45, 7) is 2.86. The molecule has 0 aliphatic rings. The van der Waals surface area contributed by atoms with Gasteiger partial charge in [0.05, 0.1) is 0 Å². The minimum absolute atomic E-state index is 0.0733. The van der Waals surface area contributed by atoms with Crippen molar-refractivity contribution in [1.29, 1.82) is 0 Å². The van der Waals surface area contributed by atoms with Crippen molar-refractivity contribution < 1.29 is 0 Å². The van der Waals surface area contributed by atoms with Crippen molar-refractivity contribution >= 4 is 5.82 Å². The molecule has 1 atom stereocenters. The van der Waals surface area contributed by atoms with E-state index in [0.717, 1.165) is 18.8 Å². The number of hydrogen-bond donors (Lipinski definition) is 2. The molecule has 0 saturated carbocycles. The summed E-state index contributed by atoms with van der Waals surface area (Å²) in [5.41, 5.74) is 8.47. The number of nitrogens with one attached hydrogen (secondary N) is 1. The van der Waals surface area contributed by atoms with Crippen LogP contribution >= 0.6 is 0 Å². The third kappa shape index (κ3) is 3.57. The van der Waals surface area contributed by atoms with Gasteiger partial charge in [-0.3, -0.25) is 0 Å². The van der Waals surface area contributed by atoms with E-state index in [9.17, 15) is 0 Å². The smallest absolute Gasteiger partial charge is 0.125 e. The van der Waals surface area contributed by atoms with Gasteiger partial charge >= 0.3 is 0 Å². The molecule has 0 saturated heterocycles. The molecule has 0 radical (unpaired) electrons. The van der Waals surface area contributed by atoms with Crippen LogP contribution in [0.5, 0.6) is 0 Å². The molecule has 1 unspecified atom stereocenters. The van der Waals surface area contributed by atoms with Crippen molar-refractivity contribution in [3.8, 4) is 0 Å². The highest BCUT2D eigenvalue weighted by atomic mass is 15.0. The molecule has 3 heteroatoms. The van der Waals surface area contributed by atoms with E-state index >= 15 is 0 Å². The maximum Gasteiger partial charge on any atom is 0.125 e. The summed E-state index contributed by atoms with van der Waals surface area (Å²) < 4.78 is 0. The Labute approximate surface area is 108 Å². The van der Waals surface area contributed by atoms with E-state index in [0.29, 0.717) is 0 Å². The fourth-order valence-corrected chi connectivity index (χ4v) is 1.80. The summed E-state index contributed by atoms with van der Waals surface area (Å²) in [6, 6.07) is 14.3. The van der Waals surface area contributed by atoms with Gasteiger partial charge in [-0.05, 0) is 30.5 Å². The van der Waals surface area contributed by atoms with E-state index in [2.05, 4.69) is 22.4 Å². The first-order chi connectivity index (χ1) is 8.75. The number of anilines is 1. The number of aryl methyl sites for hydroxylation is 1. The molecule has 0 amide bonds. The van der Waals surface area contributed by atoms with Crippen LogP contribution in [0.3, 0.4) is 0 Å². The van der Waals surface area contributed by atoms with Crippen LogP contribution in [0.15, 0.2) is 48.7 Å². The van der Waals surface area contributed by atoms with Crippen LogP contribution < -0.4 is 11.1 Å². The van der Waals surface area contributed by atoms with Crippen LogP contribution in [0.1, 0.15) is 23.6 Å². The molecule has 0 fully saturated rings. The first-order valence-corrected chi connectivity index (χ1v) is 6.23. The average Bonchev–Trinajstić information content (AvgIpc) is 2.42. The summed E-state index contributed by atoms with van der Waals surface area (Å²) in [5, 5.41) is 3.28. The maximum absolute atomic E-state index is 6.12. The van der Waals surface area contributed by atoms with Gasteiger partial charge in [0.2, 0.25) is 0 Å². The molecule has 3 N–H and O–H groups in total. The van der Waals surface area contributed by atoms with Gasteiger partial charge in [0.15, 0.2) is 0 Å². The van der Waals surface area contributed by atoms with Crippen LogP contribution in [-0.4, -0.2) is 11.5 Å². The predicted molar refractivity (Wildman–Crippen MR) is 75.5 cm³/mol. The van der Waals surface area contributed by atoms with E-state index < -0.39 is 0 Å². The Morgan fingerprint density at radius 1 is 1.17 bits per heavy atom. The summed E-state index contributed by atoms with van der Waals surface area (Å²) >= 11 is 0. The molecule has 3 nitrogen and oxygen atoms in total. The van der Waals surface area contributed by atoms with Gasteiger partial charge in [-0.15, -0.1) is 0 Å². The Kier molecular flexibility index (Phi) is 4.31. The van der Waals surface area contributed by atoms with E-state index in [1.165, 1.54) is 11.1 Å². The number of nitrogens with two attached hydrogens (primary N) is 1. The average molecular weight is 241 g/mol. The lowest BCUT2D eigenvalue weighted by molar-refractivity contribution is 0.674. The third-order valence-corrected chi connectivity index (χ3v) is 2.90. The Bertz CT molecular complexity index is 465. The molecule has 94 valence electrons. The summed E-state index contributed by atoms with van der Waals surface area (Å²) in [6.07, 6.45) is 2.75. The van der Waals surface area contributed by atoms with Gasteiger partial charge in [0.1, 0.15) is 5.82 Å². The zero-order valence-corrected chi connectivity index (χ0v) is 10.6. The molecule has 2 rings (SSSR count). The molecule has 18 heavy (non-hydrogen) atoms. The van der Waals surface area contributed by atoms with Crippen LogP contribution in [-0.2, 0) is 0 Å². The van der Waals surface area contributed by atoms with Crippen molar-refractivity contribution in [2.24, 2.45) is 5.73 Å². The van der Waals surface area contributed by atoms with Crippen LogP contribution in [0, 0.1) is 6.92 Å². The van der Waals surface area contributed by atoms with E-state index in [-0.39, 0.29) is 6.04 Å². The van der Waals surface area contributed by atoms with E-state index in [4.69, 9.17) is 5.73 Å². The summed E-state index contributed by atoms with van der Waals surface area (Å²) in [5.74, 6) is 0.904. The van der Waals surface area contributed by atoms with Gasteiger partial charge < -0.3 is 11.1 Å². The molecular weight excluding hydrogens is 222 g/mol. The van der Waals surface area contributed by atoms with E-state index in [1.807, 2.05) is 43.5 Å². The highest BCUT2D eigenvalue weighted by Gasteiger charge is 2.04. The van der Waals surface area contributed by atoms with Gasteiger partial charge in [-0.2, -0.15) is 0 Å². The Balaban J connectivity index is 1.80. The van der Waals surface area contributed by atoms with Crippen LogP contribution in [0.25, 0.3) is 0 Å². The lowest BCUT2D eigenvalue weighted by atomic mass is 10.1. The van der Waals surface area contributed by atoms with Gasteiger partial charge in [-0.25, -0.2) is 4.98 Å². The number of pyridine rings is 1. The first kappa shape index (κ1) is 12.6. The highest BCUT2D eigenvalue weighted by molar-refractivity contribution is 5.35.